The Morgan fingerprint density at radius 1 is 1.50 bits per heavy atom. The summed E-state index contributed by atoms with van der Waals surface area (Å²) < 4.78 is 0. The maximum atomic E-state index is 11.2. The smallest absolute Gasteiger partial charge is 0.337 e. The van der Waals surface area contributed by atoms with Crippen molar-refractivity contribution in [1.29, 1.82) is 0 Å². The third kappa shape index (κ3) is 2.75. The molecule has 0 radical (unpaired) electrons. The van der Waals surface area contributed by atoms with Crippen molar-refractivity contribution in [2.75, 3.05) is 5.32 Å². The molecule has 82 valence electrons. The molecule has 0 spiro atoms. The van der Waals surface area contributed by atoms with Crippen LogP contribution in [0, 0.1) is 12.3 Å². The minimum absolute atomic E-state index is 0.0666. The number of amides is 1. The van der Waals surface area contributed by atoms with E-state index in [0.29, 0.717) is 0 Å². The maximum Gasteiger partial charge on any atom is 0.337 e. The van der Waals surface area contributed by atoms with Gasteiger partial charge in [-0.25, -0.2) is 4.79 Å². The van der Waals surface area contributed by atoms with Gasteiger partial charge in [-0.15, -0.1) is 6.42 Å². The van der Waals surface area contributed by atoms with E-state index in [9.17, 15) is 9.59 Å². The van der Waals surface area contributed by atoms with Crippen LogP contribution in [0.3, 0.4) is 0 Å². The van der Waals surface area contributed by atoms with Crippen LogP contribution in [0.25, 0.3) is 0 Å². The Balaban J connectivity index is 3.07. The number of aromatic carboxylic acids is 1. The molecule has 2 N–H and O–H groups in total. The molecule has 0 aliphatic heterocycles. The third-order valence-electron chi connectivity index (χ3n) is 1.77. The Kier molecular flexibility index (Phi) is 3.92. The lowest BCUT2D eigenvalue weighted by atomic mass is 10.1. The Labute approximate surface area is 97.2 Å². The molecule has 16 heavy (non-hydrogen) atoms. The highest BCUT2D eigenvalue weighted by Gasteiger charge is 2.14. The summed E-state index contributed by atoms with van der Waals surface area (Å²) in [4.78, 5) is 22.1. The maximum absolute atomic E-state index is 11.2. The summed E-state index contributed by atoms with van der Waals surface area (Å²) in [5.74, 6) is 0.511. The lowest BCUT2D eigenvalue weighted by Crippen LogP contribution is -2.14. The Morgan fingerprint density at radius 2 is 2.19 bits per heavy atom. The number of rotatable bonds is 3. The van der Waals surface area contributed by atoms with E-state index in [4.69, 9.17) is 23.1 Å². The average Bonchev–Trinajstić information content (AvgIpc) is 2.21. The normalized spacial score (nSPS) is 9.25. The number of nitrogens with one attached hydrogen (secondary N) is 1. The molecule has 0 aliphatic carbocycles. The Morgan fingerprint density at radius 3 is 2.75 bits per heavy atom. The third-order valence-corrected chi connectivity index (χ3v) is 2.09. The van der Waals surface area contributed by atoms with Gasteiger partial charge in [0.1, 0.15) is 0 Å². The Hall–Kier alpha value is -1.99. The lowest BCUT2D eigenvalue weighted by molar-refractivity contribution is -0.115. The summed E-state index contributed by atoms with van der Waals surface area (Å²) in [5, 5.41) is 11.4. The van der Waals surface area contributed by atoms with Gasteiger partial charge in [0.15, 0.2) is 0 Å². The van der Waals surface area contributed by atoms with E-state index in [1.54, 1.807) is 0 Å². The summed E-state index contributed by atoms with van der Waals surface area (Å²) in [7, 11) is 0. The molecular formula is C11H8ClNO3. The molecule has 1 aromatic rings. The molecule has 0 saturated heterocycles. The average molecular weight is 238 g/mol. The van der Waals surface area contributed by atoms with E-state index < -0.39 is 11.9 Å². The number of carbonyl (C=O) groups is 2. The second kappa shape index (κ2) is 5.19. The van der Waals surface area contributed by atoms with Gasteiger partial charge < -0.3 is 10.4 Å². The molecule has 0 aromatic heterocycles. The second-order valence-corrected chi connectivity index (χ2v) is 3.30. The highest BCUT2D eigenvalue weighted by molar-refractivity contribution is 6.34. The summed E-state index contributed by atoms with van der Waals surface area (Å²) in [6, 6.07) is 4.32. The number of benzene rings is 1. The summed E-state index contributed by atoms with van der Waals surface area (Å²) >= 11 is 5.79. The number of terminal acetylenes is 1. The van der Waals surface area contributed by atoms with Crippen LogP contribution in [0.2, 0.25) is 5.02 Å². The number of hydrogen-bond acceptors (Lipinski definition) is 2. The van der Waals surface area contributed by atoms with E-state index in [1.807, 2.05) is 0 Å². The number of anilines is 1. The zero-order valence-electron chi connectivity index (χ0n) is 8.16. The van der Waals surface area contributed by atoms with E-state index in [0.717, 1.165) is 0 Å². The van der Waals surface area contributed by atoms with Gasteiger partial charge in [0.2, 0.25) is 5.91 Å². The van der Waals surface area contributed by atoms with Crippen molar-refractivity contribution in [3.8, 4) is 12.3 Å². The molecule has 1 aromatic carbocycles. The van der Waals surface area contributed by atoms with Gasteiger partial charge in [0, 0.05) is 0 Å². The van der Waals surface area contributed by atoms with Crippen LogP contribution < -0.4 is 5.32 Å². The molecule has 4 nitrogen and oxygen atoms in total. The van der Waals surface area contributed by atoms with Crippen LogP contribution in [0.4, 0.5) is 5.69 Å². The van der Waals surface area contributed by atoms with Crippen LogP contribution in [0.5, 0.6) is 0 Å². The van der Waals surface area contributed by atoms with Gasteiger partial charge in [0.25, 0.3) is 0 Å². The van der Waals surface area contributed by atoms with Crippen LogP contribution in [-0.4, -0.2) is 17.0 Å². The molecule has 1 rings (SSSR count). The van der Waals surface area contributed by atoms with Crippen molar-refractivity contribution < 1.29 is 14.7 Å². The quantitative estimate of drug-likeness (QED) is 0.791. The summed E-state index contributed by atoms with van der Waals surface area (Å²) in [6.45, 7) is 0. The molecule has 0 unspecified atom stereocenters. The zero-order valence-corrected chi connectivity index (χ0v) is 8.91. The highest BCUT2D eigenvalue weighted by atomic mass is 35.5. The van der Waals surface area contributed by atoms with Crippen molar-refractivity contribution in [3.63, 3.8) is 0 Å². The fraction of sp³-hybridized carbons (Fsp3) is 0.0909. The van der Waals surface area contributed by atoms with Crippen molar-refractivity contribution in [2.45, 2.75) is 6.42 Å². The number of carboxylic acids is 1. The minimum Gasteiger partial charge on any atom is -0.478 e. The van der Waals surface area contributed by atoms with E-state index in [-0.39, 0.29) is 22.7 Å². The SMILES string of the molecule is C#CCC(=O)Nc1c(Cl)cccc1C(=O)O. The first kappa shape index (κ1) is 12.1. The van der Waals surface area contributed by atoms with Crippen LogP contribution in [0.15, 0.2) is 18.2 Å². The van der Waals surface area contributed by atoms with Crippen molar-refractivity contribution >= 4 is 29.2 Å². The molecule has 0 atom stereocenters. The molecule has 0 heterocycles. The fourth-order valence-corrected chi connectivity index (χ4v) is 1.33. The summed E-state index contributed by atoms with van der Waals surface area (Å²) in [5.41, 5.74) is -0.00483. The van der Waals surface area contributed by atoms with E-state index >= 15 is 0 Å². The minimum atomic E-state index is -1.17. The Bertz CT molecular complexity index is 477. The number of carboxylic acid groups (broad SMARTS) is 1. The van der Waals surface area contributed by atoms with E-state index in [1.165, 1.54) is 18.2 Å². The number of halogens is 1. The number of carbonyl (C=O) groups excluding carboxylic acids is 1. The lowest BCUT2D eigenvalue weighted by Gasteiger charge is -2.08. The molecule has 5 heteroatoms. The van der Waals surface area contributed by atoms with Crippen molar-refractivity contribution in [3.05, 3.63) is 28.8 Å². The van der Waals surface area contributed by atoms with Crippen molar-refractivity contribution in [2.24, 2.45) is 0 Å². The fourth-order valence-electron chi connectivity index (χ4n) is 1.11. The predicted molar refractivity (Wildman–Crippen MR) is 60.5 cm³/mol. The molecule has 0 saturated carbocycles. The molecule has 0 bridgehead atoms. The largest absolute Gasteiger partial charge is 0.478 e. The van der Waals surface area contributed by atoms with Gasteiger partial charge in [-0.3, -0.25) is 4.79 Å². The van der Waals surface area contributed by atoms with Gasteiger partial charge in [-0.2, -0.15) is 0 Å². The van der Waals surface area contributed by atoms with Crippen molar-refractivity contribution in [1.82, 2.24) is 0 Å². The zero-order chi connectivity index (χ0) is 12.1. The van der Waals surface area contributed by atoms with Gasteiger partial charge in [0.05, 0.1) is 22.7 Å². The van der Waals surface area contributed by atoms with Crippen LogP contribution >= 0.6 is 11.6 Å². The first-order valence-corrected chi connectivity index (χ1v) is 4.69. The van der Waals surface area contributed by atoms with E-state index in [2.05, 4.69) is 11.2 Å². The van der Waals surface area contributed by atoms with Gasteiger partial charge >= 0.3 is 5.97 Å². The molecule has 1 amide bonds. The van der Waals surface area contributed by atoms with Crippen LogP contribution in [0.1, 0.15) is 16.8 Å². The first-order chi connectivity index (χ1) is 7.56. The monoisotopic (exact) mass is 237 g/mol. The standard InChI is InChI=1S/C11H8ClNO3/c1-2-4-9(14)13-10-7(11(15)16)5-3-6-8(10)12/h1,3,5-6H,4H2,(H,13,14)(H,15,16). The second-order valence-electron chi connectivity index (χ2n) is 2.90. The molecule has 0 fully saturated rings. The predicted octanol–water partition coefficient (Wildman–Crippen LogP) is 2.00. The van der Waals surface area contributed by atoms with Gasteiger partial charge in [-0.05, 0) is 12.1 Å². The topological polar surface area (TPSA) is 66.4 Å². The van der Waals surface area contributed by atoms with Gasteiger partial charge in [-0.1, -0.05) is 23.6 Å². The molecule has 0 aliphatic rings. The highest BCUT2D eigenvalue weighted by Crippen LogP contribution is 2.26. The first-order valence-electron chi connectivity index (χ1n) is 4.31. The number of hydrogen-bond donors (Lipinski definition) is 2. The molecular weight excluding hydrogens is 230 g/mol. The van der Waals surface area contributed by atoms with Crippen LogP contribution in [-0.2, 0) is 4.79 Å². The number of para-hydroxylation sites is 1. The summed E-state index contributed by atoms with van der Waals surface area (Å²) in [6.07, 6.45) is 4.82.